The number of thiocarbonyl (C=S) groups is 1. The third-order valence-corrected chi connectivity index (χ3v) is 1.29. The molecular formula is C7H14N2S. The average molecular weight is 158 g/mol. The van der Waals surface area contributed by atoms with Crippen molar-refractivity contribution in [3.8, 4) is 0 Å². The molecule has 0 unspecified atom stereocenters. The first-order valence-corrected chi connectivity index (χ1v) is 3.86. The van der Waals surface area contributed by atoms with Gasteiger partial charge in [0.2, 0.25) is 0 Å². The van der Waals surface area contributed by atoms with E-state index in [1.807, 2.05) is 12.3 Å². The molecule has 0 saturated heterocycles. The van der Waals surface area contributed by atoms with Gasteiger partial charge in [0, 0.05) is 6.42 Å². The second-order valence-electron chi connectivity index (χ2n) is 1.92. The molecule has 58 valence electrons. The molecule has 0 heterocycles. The SMILES string of the molecule is CC/C=C/NC(=S)CCN. The number of allylic oxidation sites excluding steroid dienone is 1. The van der Waals surface area contributed by atoms with Crippen molar-refractivity contribution in [2.45, 2.75) is 19.8 Å². The molecule has 2 nitrogen and oxygen atoms in total. The second-order valence-corrected chi connectivity index (χ2v) is 2.41. The lowest BCUT2D eigenvalue weighted by Crippen LogP contribution is -2.18. The highest BCUT2D eigenvalue weighted by Crippen LogP contribution is 1.81. The molecule has 0 bridgehead atoms. The van der Waals surface area contributed by atoms with Gasteiger partial charge in [0.15, 0.2) is 0 Å². The van der Waals surface area contributed by atoms with Crippen molar-refractivity contribution >= 4 is 17.2 Å². The van der Waals surface area contributed by atoms with Crippen molar-refractivity contribution in [2.24, 2.45) is 5.73 Å². The Morgan fingerprint density at radius 2 is 2.40 bits per heavy atom. The molecule has 0 saturated carbocycles. The fourth-order valence-electron chi connectivity index (χ4n) is 0.473. The van der Waals surface area contributed by atoms with Gasteiger partial charge in [0.25, 0.3) is 0 Å². The first-order chi connectivity index (χ1) is 4.81. The summed E-state index contributed by atoms with van der Waals surface area (Å²) in [6.45, 7) is 2.69. The van der Waals surface area contributed by atoms with Gasteiger partial charge in [0.05, 0.1) is 4.99 Å². The van der Waals surface area contributed by atoms with E-state index in [-0.39, 0.29) is 0 Å². The largest absolute Gasteiger partial charge is 0.357 e. The van der Waals surface area contributed by atoms with Gasteiger partial charge in [-0.1, -0.05) is 25.2 Å². The van der Waals surface area contributed by atoms with E-state index in [9.17, 15) is 0 Å². The normalized spacial score (nSPS) is 10.2. The van der Waals surface area contributed by atoms with Crippen LogP contribution in [0.2, 0.25) is 0 Å². The first-order valence-electron chi connectivity index (χ1n) is 3.45. The van der Waals surface area contributed by atoms with Gasteiger partial charge in [-0.3, -0.25) is 0 Å². The zero-order valence-electron chi connectivity index (χ0n) is 6.26. The predicted octanol–water partition coefficient (Wildman–Crippen LogP) is 1.18. The Kier molecular flexibility index (Phi) is 6.43. The van der Waals surface area contributed by atoms with E-state index in [4.69, 9.17) is 18.0 Å². The summed E-state index contributed by atoms with van der Waals surface area (Å²) in [6, 6.07) is 0. The van der Waals surface area contributed by atoms with Crippen molar-refractivity contribution in [3.05, 3.63) is 12.3 Å². The molecule has 0 aliphatic rings. The summed E-state index contributed by atoms with van der Waals surface area (Å²) >= 11 is 4.92. The van der Waals surface area contributed by atoms with E-state index in [0.717, 1.165) is 17.8 Å². The first kappa shape index (κ1) is 9.59. The van der Waals surface area contributed by atoms with Gasteiger partial charge < -0.3 is 11.1 Å². The van der Waals surface area contributed by atoms with Gasteiger partial charge in [-0.2, -0.15) is 0 Å². The Balaban J connectivity index is 3.30. The predicted molar refractivity (Wildman–Crippen MR) is 48.8 cm³/mol. The van der Waals surface area contributed by atoms with Crippen LogP contribution in [0.15, 0.2) is 12.3 Å². The van der Waals surface area contributed by atoms with E-state index < -0.39 is 0 Å². The molecule has 0 atom stereocenters. The third kappa shape index (κ3) is 5.72. The van der Waals surface area contributed by atoms with Crippen LogP contribution < -0.4 is 11.1 Å². The molecule has 0 aromatic heterocycles. The minimum absolute atomic E-state index is 0.617. The molecule has 3 heteroatoms. The van der Waals surface area contributed by atoms with E-state index >= 15 is 0 Å². The lowest BCUT2D eigenvalue weighted by molar-refractivity contribution is 1.02. The van der Waals surface area contributed by atoms with Crippen molar-refractivity contribution < 1.29 is 0 Å². The third-order valence-electron chi connectivity index (χ3n) is 0.969. The minimum atomic E-state index is 0.617. The molecule has 0 aliphatic carbocycles. The Morgan fingerprint density at radius 1 is 1.70 bits per heavy atom. The van der Waals surface area contributed by atoms with E-state index in [2.05, 4.69) is 12.2 Å². The summed E-state index contributed by atoms with van der Waals surface area (Å²) in [5.74, 6) is 0. The summed E-state index contributed by atoms with van der Waals surface area (Å²) < 4.78 is 0. The van der Waals surface area contributed by atoms with Crippen LogP contribution in [-0.4, -0.2) is 11.5 Å². The fourth-order valence-corrected chi connectivity index (χ4v) is 0.659. The van der Waals surface area contributed by atoms with Crippen LogP contribution in [0.1, 0.15) is 19.8 Å². The van der Waals surface area contributed by atoms with Crippen LogP contribution in [0.3, 0.4) is 0 Å². The van der Waals surface area contributed by atoms with Crippen LogP contribution in [0.5, 0.6) is 0 Å². The topological polar surface area (TPSA) is 38.0 Å². The van der Waals surface area contributed by atoms with Gasteiger partial charge in [-0.15, -0.1) is 0 Å². The number of rotatable bonds is 4. The Morgan fingerprint density at radius 3 is 2.90 bits per heavy atom. The summed E-state index contributed by atoms with van der Waals surface area (Å²) in [5.41, 5.74) is 5.28. The van der Waals surface area contributed by atoms with Crippen LogP contribution in [0, 0.1) is 0 Å². The number of hydrogen-bond donors (Lipinski definition) is 2. The summed E-state index contributed by atoms with van der Waals surface area (Å²) in [7, 11) is 0. The summed E-state index contributed by atoms with van der Waals surface area (Å²) in [5, 5.41) is 2.96. The van der Waals surface area contributed by atoms with Gasteiger partial charge in [-0.05, 0) is 19.2 Å². The van der Waals surface area contributed by atoms with Crippen molar-refractivity contribution in [1.82, 2.24) is 5.32 Å². The number of hydrogen-bond acceptors (Lipinski definition) is 2. The molecule has 0 spiro atoms. The lowest BCUT2D eigenvalue weighted by atomic mass is 10.4. The molecule has 0 aliphatic heterocycles. The van der Waals surface area contributed by atoms with Crippen LogP contribution >= 0.6 is 12.2 Å². The molecule has 0 aromatic carbocycles. The van der Waals surface area contributed by atoms with Crippen LogP contribution in [-0.2, 0) is 0 Å². The monoisotopic (exact) mass is 158 g/mol. The molecule has 0 radical (unpaired) electrons. The Bertz CT molecular complexity index is 121. The zero-order chi connectivity index (χ0) is 7.82. The molecule has 0 aromatic rings. The molecule has 0 amide bonds. The summed E-state index contributed by atoms with van der Waals surface area (Å²) in [4.78, 5) is 0.812. The molecule has 0 fully saturated rings. The second kappa shape index (κ2) is 6.71. The molecule has 10 heavy (non-hydrogen) atoms. The standard InChI is InChI=1S/C7H14N2S/c1-2-3-6-9-7(10)4-5-8/h3,6H,2,4-5,8H2,1H3,(H,9,10)/b6-3+. The Hall–Kier alpha value is -0.410. The molecule has 3 N–H and O–H groups in total. The lowest BCUT2D eigenvalue weighted by Gasteiger charge is -1.98. The van der Waals surface area contributed by atoms with Crippen molar-refractivity contribution in [3.63, 3.8) is 0 Å². The van der Waals surface area contributed by atoms with E-state index in [1.165, 1.54) is 0 Å². The highest BCUT2D eigenvalue weighted by molar-refractivity contribution is 7.80. The minimum Gasteiger partial charge on any atom is -0.357 e. The van der Waals surface area contributed by atoms with Crippen LogP contribution in [0.4, 0.5) is 0 Å². The number of nitrogens with two attached hydrogens (primary N) is 1. The van der Waals surface area contributed by atoms with E-state index in [1.54, 1.807) is 0 Å². The van der Waals surface area contributed by atoms with Crippen LogP contribution in [0.25, 0.3) is 0 Å². The summed E-state index contributed by atoms with van der Waals surface area (Å²) in [6.07, 6.45) is 5.67. The van der Waals surface area contributed by atoms with Crippen molar-refractivity contribution in [2.75, 3.05) is 6.54 Å². The van der Waals surface area contributed by atoms with E-state index in [0.29, 0.717) is 6.54 Å². The maximum absolute atomic E-state index is 5.28. The zero-order valence-corrected chi connectivity index (χ0v) is 7.08. The maximum atomic E-state index is 5.28. The van der Waals surface area contributed by atoms with Gasteiger partial charge in [0.1, 0.15) is 0 Å². The van der Waals surface area contributed by atoms with Gasteiger partial charge >= 0.3 is 0 Å². The molecule has 0 rings (SSSR count). The Labute approximate surface area is 67.5 Å². The highest BCUT2D eigenvalue weighted by atomic mass is 32.1. The quantitative estimate of drug-likeness (QED) is 0.603. The molecular weight excluding hydrogens is 144 g/mol. The average Bonchev–Trinajstić information content (AvgIpc) is 1.89. The fraction of sp³-hybridized carbons (Fsp3) is 0.571. The van der Waals surface area contributed by atoms with Gasteiger partial charge in [-0.25, -0.2) is 0 Å². The highest BCUT2D eigenvalue weighted by Gasteiger charge is 1.87. The smallest absolute Gasteiger partial charge is 0.0805 e. The van der Waals surface area contributed by atoms with Crippen molar-refractivity contribution in [1.29, 1.82) is 0 Å². The maximum Gasteiger partial charge on any atom is 0.0805 e. The number of nitrogens with one attached hydrogen (secondary N) is 1.